The number of amides is 2. The molecule has 0 heterocycles. The maximum Gasteiger partial charge on any atom is 0.341 e. The second-order valence-electron chi connectivity index (χ2n) is 3.66. The quantitative estimate of drug-likeness (QED) is 0.326. The largest absolute Gasteiger partial charge is 0.507 e. The molecule has 0 bridgehead atoms. The number of phenols is 1. The van der Waals surface area contributed by atoms with E-state index in [1.54, 1.807) is 0 Å². The van der Waals surface area contributed by atoms with E-state index in [4.69, 9.17) is 5.11 Å². The summed E-state index contributed by atoms with van der Waals surface area (Å²) in [7, 11) is 1.15. The number of aliphatic hydroxyl groups excluding tert-OH is 1. The van der Waals surface area contributed by atoms with Crippen LogP contribution in [0.2, 0.25) is 0 Å². The molecule has 0 saturated carbocycles. The molecular formula is C12H14N2O6. The second-order valence-corrected chi connectivity index (χ2v) is 3.66. The number of anilines is 1. The summed E-state index contributed by atoms with van der Waals surface area (Å²) in [4.78, 5) is 34.1. The number of benzene rings is 1. The number of ether oxygens (including phenoxy) is 1. The third-order valence-electron chi connectivity index (χ3n) is 2.26. The van der Waals surface area contributed by atoms with Crippen LogP contribution in [-0.2, 0) is 14.3 Å². The summed E-state index contributed by atoms with van der Waals surface area (Å²) in [6.07, 6.45) is 0. The lowest BCUT2D eigenvalue weighted by atomic mass is 10.1. The molecule has 1 rings (SSSR count). The number of methoxy groups -OCH3 is 1. The molecule has 108 valence electrons. The van der Waals surface area contributed by atoms with E-state index in [1.165, 1.54) is 18.2 Å². The first kappa shape index (κ1) is 15.4. The van der Waals surface area contributed by atoms with Gasteiger partial charge in [0.25, 0.3) is 0 Å². The zero-order valence-corrected chi connectivity index (χ0v) is 10.7. The lowest BCUT2D eigenvalue weighted by Crippen LogP contribution is -2.36. The van der Waals surface area contributed by atoms with E-state index < -0.39 is 17.8 Å². The van der Waals surface area contributed by atoms with Crippen LogP contribution in [0.4, 0.5) is 5.69 Å². The maximum absolute atomic E-state index is 11.5. The number of nitrogens with one attached hydrogen (secondary N) is 2. The molecular weight excluding hydrogens is 268 g/mol. The lowest BCUT2D eigenvalue weighted by Gasteiger charge is -2.08. The first-order valence-electron chi connectivity index (χ1n) is 5.61. The van der Waals surface area contributed by atoms with Gasteiger partial charge in [0.1, 0.15) is 11.3 Å². The van der Waals surface area contributed by atoms with Crippen LogP contribution >= 0.6 is 0 Å². The molecule has 1 aromatic rings. The number of aliphatic hydroxyl groups is 1. The standard InChI is InChI=1S/C12H14N2O6/c1-20-12(19)8-6-7(2-3-9(8)16)14-11(18)10(17)13-4-5-15/h2-3,6,15-16H,4-5H2,1H3,(H,13,17)(H,14,18). The molecule has 0 saturated heterocycles. The van der Waals surface area contributed by atoms with Gasteiger partial charge in [-0.2, -0.15) is 0 Å². The van der Waals surface area contributed by atoms with Crippen LogP contribution in [0, 0.1) is 0 Å². The highest BCUT2D eigenvalue weighted by Crippen LogP contribution is 2.22. The summed E-state index contributed by atoms with van der Waals surface area (Å²) in [6, 6.07) is 3.69. The first-order valence-corrected chi connectivity index (χ1v) is 5.61. The molecule has 1 aromatic carbocycles. The van der Waals surface area contributed by atoms with Crippen molar-refractivity contribution in [3.63, 3.8) is 0 Å². The van der Waals surface area contributed by atoms with Crippen LogP contribution in [0.25, 0.3) is 0 Å². The number of aromatic hydroxyl groups is 1. The average molecular weight is 282 g/mol. The molecule has 20 heavy (non-hydrogen) atoms. The van der Waals surface area contributed by atoms with Crippen molar-refractivity contribution in [2.75, 3.05) is 25.6 Å². The molecule has 8 heteroatoms. The van der Waals surface area contributed by atoms with E-state index >= 15 is 0 Å². The van der Waals surface area contributed by atoms with Crippen LogP contribution in [0.3, 0.4) is 0 Å². The molecule has 0 radical (unpaired) electrons. The topological polar surface area (TPSA) is 125 Å². The molecule has 2 amide bonds. The van der Waals surface area contributed by atoms with Crippen molar-refractivity contribution in [2.24, 2.45) is 0 Å². The Hall–Kier alpha value is -2.61. The zero-order valence-electron chi connectivity index (χ0n) is 10.7. The van der Waals surface area contributed by atoms with Gasteiger partial charge < -0.3 is 25.6 Å². The smallest absolute Gasteiger partial charge is 0.341 e. The Morgan fingerprint density at radius 3 is 2.55 bits per heavy atom. The van der Waals surface area contributed by atoms with Gasteiger partial charge in [0.15, 0.2) is 0 Å². The van der Waals surface area contributed by atoms with Gasteiger partial charge in [-0.15, -0.1) is 0 Å². The molecule has 0 fully saturated rings. The van der Waals surface area contributed by atoms with E-state index in [-0.39, 0.29) is 30.2 Å². The van der Waals surface area contributed by atoms with Crippen LogP contribution < -0.4 is 10.6 Å². The first-order chi connectivity index (χ1) is 9.49. The zero-order chi connectivity index (χ0) is 15.1. The van der Waals surface area contributed by atoms with Gasteiger partial charge in [-0.05, 0) is 18.2 Å². The minimum atomic E-state index is -0.958. The Labute approximate surface area is 114 Å². The van der Waals surface area contributed by atoms with Gasteiger partial charge in [0.05, 0.1) is 13.7 Å². The average Bonchev–Trinajstić information content (AvgIpc) is 2.45. The Morgan fingerprint density at radius 1 is 1.25 bits per heavy atom. The number of carbonyl (C=O) groups excluding carboxylic acids is 3. The van der Waals surface area contributed by atoms with Crippen LogP contribution in [0.15, 0.2) is 18.2 Å². The maximum atomic E-state index is 11.5. The number of hydrogen-bond acceptors (Lipinski definition) is 6. The summed E-state index contributed by atoms with van der Waals surface area (Å²) in [5.74, 6) is -2.96. The number of carbonyl (C=O) groups is 3. The fourth-order valence-electron chi connectivity index (χ4n) is 1.32. The van der Waals surface area contributed by atoms with E-state index in [9.17, 15) is 19.5 Å². The molecule has 0 aromatic heterocycles. The fraction of sp³-hybridized carbons (Fsp3) is 0.250. The normalized spacial score (nSPS) is 9.70. The van der Waals surface area contributed by atoms with Crippen molar-refractivity contribution in [3.8, 4) is 5.75 Å². The minimum Gasteiger partial charge on any atom is -0.507 e. The summed E-state index contributed by atoms with van der Waals surface area (Å²) < 4.78 is 4.46. The Balaban J connectivity index is 2.80. The highest BCUT2D eigenvalue weighted by atomic mass is 16.5. The van der Waals surface area contributed by atoms with Crippen molar-refractivity contribution >= 4 is 23.5 Å². The van der Waals surface area contributed by atoms with Crippen molar-refractivity contribution in [1.82, 2.24) is 5.32 Å². The van der Waals surface area contributed by atoms with Gasteiger partial charge in [-0.25, -0.2) is 4.79 Å². The molecule has 0 unspecified atom stereocenters. The van der Waals surface area contributed by atoms with Crippen molar-refractivity contribution in [3.05, 3.63) is 23.8 Å². The molecule has 0 aliphatic heterocycles. The lowest BCUT2D eigenvalue weighted by molar-refractivity contribution is -0.136. The Morgan fingerprint density at radius 2 is 1.95 bits per heavy atom. The van der Waals surface area contributed by atoms with Gasteiger partial charge in [-0.3, -0.25) is 9.59 Å². The number of esters is 1. The van der Waals surface area contributed by atoms with Crippen LogP contribution in [0.1, 0.15) is 10.4 Å². The fourth-order valence-corrected chi connectivity index (χ4v) is 1.32. The van der Waals surface area contributed by atoms with Crippen molar-refractivity contribution < 1.29 is 29.3 Å². The highest BCUT2D eigenvalue weighted by Gasteiger charge is 2.16. The Bertz CT molecular complexity index is 529. The predicted octanol–water partition coefficient (Wildman–Crippen LogP) is -0.774. The number of phenolic OH excluding ortho intramolecular Hbond substituents is 1. The molecule has 0 atom stereocenters. The van der Waals surface area contributed by atoms with Crippen LogP contribution in [-0.4, -0.2) is 48.3 Å². The number of rotatable bonds is 4. The summed E-state index contributed by atoms with van der Waals surface area (Å²) in [5.41, 5.74) is 0.00779. The van der Waals surface area contributed by atoms with E-state index in [1.807, 2.05) is 0 Å². The summed E-state index contributed by atoms with van der Waals surface area (Å²) in [5, 5.41) is 22.4. The molecule has 0 aliphatic rings. The molecule has 0 spiro atoms. The summed E-state index contributed by atoms with van der Waals surface area (Å²) in [6.45, 7) is -0.333. The Kier molecular flexibility index (Phi) is 5.48. The van der Waals surface area contributed by atoms with E-state index in [2.05, 4.69) is 15.4 Å². The second kappa shape index (κ2) is 7.10. The SMILES string of the molecule is COC(=O)c1cc(NC(=O)C(=O)NCCO)ccc1O. The van der Waals surface area contributed by atoms with Gasteiger partial charge in [0, 0.05) is 12.2 Å². The van der Waals surface area contributed by atoms with E-state index in [0.29, 0.717) is 0 Å². The molecule has 4 N–H and O–H groups in total. The van der Waals surface area contributed by atoms with Crippen LogP contribution in [0.5, 0.6) is 5.75 Å². The van der Waals surface area contributed by atoms with Gasteiger partial charge in [-0.1, -0.05) is 0 Å². The van der Waals surface area contributed by atoms with Crippen molar-refractivity contribution in [2.45, 2.75) is 0 Å². The minimum absolute atomic E-state index is 0.0464. The third-order valence-corrected chi connectivity index (χ3v) is 2.26. The summed E-state index contributed by atoms with van der Waals surface area (Å²) >= 11 is 0. The highest BCUT2D eigenvalue weighted by molar-refractivity contribution is 6.39. The predicted molar refractivity (Wildman–Crippen MR) is 68.2 cm³/mol. The molecule has 8 nitrogen and oxygen atoms in total. The van der Waals surface area contributed by atoms with Gasteiger partial charge >= 0.3 is 17.8 Å². The van der Waals surface area contributed by atoms with E-state index in [0.717, 1.165) is 7.11 Å². The van der Waals surface area contributed by atoms with Gasteiger partial charge in [0.2, 0.25) is 0 Å². The van der Waals surface area contributed by atoms with Crippen molar-refractivity contribution in [1.29, 1.82) is 0 Å². The third kappa shape index (κ3) is 3.95. The number of hydrogen-bond donors (Lipinski definition) is 4. The molecule has 0 aliphatic carbocycles. The monoisotopic (exact) mass is 282 g/mol.